The van der Waals surface area contributed by atoms with Gasteiger partial charge in [-0.2, -0.15) is 0 Å². The highest BCUT2D eigenvalue weighted by atomic mass is 35.5. The zero-order valence-electron chi connectivity index (χ0n) is 15.8. The number of halogens is 2. The standard InChI is InChI=1S/C23H18Cl2N2O2S/c24-18-10-11-19(25)20(12-18)26-22(29)16-6-8-17(9-7-16)23-27(21(28)14-30-23)13-15-4-2-1-3-5-15/h1-12,23H,13-14H2,(H,26,29)/t23-/m0/s1. The smallest absolute Gasteiger partial charge is 0.255 e. The van der Waals surface area contributed by atoms with Crippen LogP contribution in [0.4, 0.5) is 5.69 Å². The minimum absolute atomic E-state index is 0.0720. The first-order valence-electron chi connectivity index (χ1n) is 9.32. The maximum absolute atomic E-state index is 12.6. The Hall–Kier alpha value is -2.47. The fourth-order valence-electron chi connectivity index (χ4n) is 3.27. The molecule has 1 atom stereocenters. The van der Waals surface area contributed by atoms with E-state index < -0.39 is 0 Å². The quantitative estimate of drug-likeness (QED) is 0.510. The number of benzene rings is 3. The van der Waals surface area contributed by atoms with Crippen molar-refractivity contribution in [1.29, 1.82) is 0 Å². The Bertz CT molecular complexity index is 1070. The normalized spacial score (nSPS) is 16.0. The van der Waals surface area contributed by atoms with Crippen LogP contribution in [0.15, 0.2) is 72.8 Å². The molecular weight excluding hydrogens is 439 g/mol. The van der Waals surface area contributed by atoms with E-state index in [4.69, 9.17) is 23.2 Å². The second kappa shape index (κ2) is 9.13. The Labute approximate surface area is 189 Å². The molecule has 3 aromatic carbocycles. The number of hydrogen-bond acceptors (Lipinski definition) is 3. The first kappa shape index (κ1) is 20.8. The summed E-state index contributed by atoms with van der Waals surface area (Å²) in [5.41, 5.74) is 3.04. The van der Waals surface area contributed by atoms with E-state index in [0.29, 0.717) is 33.6 Å². The fraction of sp³-hybridized carbons (Fsp3) is 0.130. The van der Waals surface area contributed by atoms with Crippen molar-refractivity contribution >= 4 is 52.5 Å². The van der Waals surface area contributed by atoms with Crippen LogP contribution in [0.3, 0.4) is 0 Å². The van der Waals surface area contributed by atoms with Gasteiger partial charge in [-0.05, 0) is 41.5 Å². The van der Waals surface area contributed by atoms with Gasteiger partial charge in [0, 0.05) is 17.1 Å². The van der Waals surface area contributed by atoms with E-state index >= 15 is 0 Å². The third kappa shape index (κ3) is 4.64. The van der Waals surface area contributed by atoms with E-state index in [1.807, 2.05) is 47.4 Å². The molecule has 7 heteroatoms. The Balaban J connectivity index is 1.49. The lowest BCUT2D eigenvalue weighted by Crippen LogP contribution is -2.27. The Morgan fingerprint density at radius 1 is 1.03 bits per heavy atom. The molecule has 30 heavy (non-hydrogen) atoms. The maximum atomic E-state index is 12.6. The number of rotatable bonds is 5. The lowest BCUT2D eigenvalue weighted by Gasteiger charge is -2.24. The first-order valence-corrected chi connectivity index (χ1v) is 11.1. The molecule has 1 fully saturated rings. The van der Waals surface area contributed by atoms with Crippen LogP contribution < -0.4 is 5.32 Å². The number of thioether (sulfide) groups is 1. The van der Waals surface area contributed by atoms with Crippen LogP contribution in [-0.2, 0) is 11.3 Å². The van der Waals surface area contributed by atoms with Crippen molar-refractivity contribution in [2.24, 2.45) is 0 Å². The third-order valence-corrected chi connectivity index (χ3v) is 6.62. The van der Waals surface area contributed by atoms with Crippen LogP contribution in [0.2, 0.25) is 10.0 Å². The minimum atomic E-state index is -0.276. The largest absolute Gasteiger partial charge is 0.322 e. The molecule has 1 aliphatic rings. The predicted molar refractivity (Wildman–Crippen MR) is 123 cm³/mol. The van der Waals surface area contributed by atoms with Crippen LogP contribution in [-0.4, -0.2) is 22.5 Å². The summed E-state index contributed by atoms with van der Waals surface area (Å²) in [6, 6.07) is 22.1. The number of anilines is 1. The molecule has 1 N–H and O–H groups in total. The molecule has 0 bridgehead atoms. The van der Waals surface area contributed by atoms with E-state index in [1.165, 1.54) is 0 Å². The van der Waals surface area contributed by atoms with Crippen LogP contribution >= 0.6 is 35.0 Å². The van der Waals surface area contributed by atoms with Crippen LogP contribution in [0.1, 0.15) is 26.9 Å². The van der Waals surface area contributed by atoms with E-state index in [-0.39, 0.29) is 17.2 Å². The van der Waals surface area contributed by atoms with Crippen LogP contribution in [0, 0.1) is 0 Å². The van der Waals surface area contributed by atoms with Crippen molar-refractivity contribution in [2.45, 2.75) is 11.9 Å². The molecule has 1 heterocycles. The van der Waals surface area contributed by atoms with Gasteiger partial charge in [0.2, 0.25) is 5.91 Å². The van der Waals surface area contributed by atoms with Gasteiger partial charge in [-0.3, -0.25) is 9.59 Å². The van der Waals surface area contributed by atoms with Gasteiger partial charge in [0.1, 0.15) is 5.37 Å². The zero-order valence-corrected chi connectivity index (χ0v) is 18.2. The maximum Gasteiger partial charge on any atom is 0.255 e. The van der Waals surface area contributed by atoms with Crippen molar-refractivity contribution < 1.29 is 9.59 Å². The van der Waals surface area contributed by atoms with Crippen molar-refractivity contribution in [1.82, 2.24) is 4.90 Å². The highest BCUT2D eigenvalue weighted by molar-refractivity contribution is 8.00. The highest BCUT2D eigenvalue weighted by Gasteiger charge is 2.32. The molecule has 1 saturated heterocycles. The number of nitrogens with one attached hydrogen (secondary N) is 1. The van der Waals surface area contributed by atoms with Gasteiger partial charge in [0.25, 0.3) is 5.91 Å². The monoisotopic (exact) mass is 456 g/mol. The Morgan fingerprint density at radius 3 is 2.50 bits per heavy atom. The second-order valence-corrected chi connectivity index (χ2v) is 8.78. The van der Waals surface area contributed by atoms with Crippen molar-refractivity contribution in [2.75, 3.05) is 11.1 Å². The molecule has 0 unspecified atom stereocenters. The summed E-state index contributed by atoms with van der Waals surface area (Å²) in [6.07, 6.45) is 0. The van der Waals surface area contributed by atoms with Crippen LogP contribution in [0.25, 0.3) is 0 Å². The van der Waals surface area contributed by atoms with E-state index in [9.17, 15) is 9.59 Å². The zero-order chi connectivity index (χ0) is 21.1. The summed E-state index contributed by atoms with van der Waals surface area (Å²) in [7, 11) is 0. The van der Waals surface area contributed by atoms with Crippen LogP contribution in [0.5, 0.6) is 0 Å². The second-order valence-electron chi connectivity index (χ2n) is 6.87. The number of nitrogens with zero attached hydrogens (tertiary/aromatic N) is 1. The Kier molecular flexibility index (Phi) is 6.32. The number of carbonyl (C=O) groups excluding carboxylic acids is 2. The molecule has 0 aliphatic carbocycles. The first-order chi connectivity index (χ1) is 14.5. The summed E-state index contributed by atoms with van der Waals surface area (Å²) < 4.78 is 0. The summed E-state index contributed by atoms with van der Waals surface area (Å²) >= 11 is 13.7. The minimum Gasteiger partial charge on any atom is -0.322 e. The van der Waals surface area contributed by atoms with Crippen molar-refractivity contribution in [3.63, 3.8) is 0 Å². The molecule has 0 spiro atoms. The average Bonchev–Trinajstić information content (AvgIpc) is 3.12. The molecule has 4 nitrogen and oxygen atoms in total. The third-order valence-electron chi connectivity index (χ3n) is 4.80. The molecule has 152 valence electrons. The molecule has 0 saturated carbocycles. The van der Waals surface area contributed by atoms with Crippen molar-refractivity contribution in [3.8, 4) is 0 Å². The van der Waals surface area contributed by atoms with Gasteiger partial charge in [0.15, 0.2) is 0 Å². The van der Waals surface area contributed by atoms with Crippen molar-refractivity contribution in [3.05, 3.63) is 99.5 Å². The van der Waals surface area contributed by atoms with Gasteiger partial charge in [-0.15, -0.1) is 11.8 Å². The number of hydrogen-bond donors (Lipinski definition) is 1. The van der Waals surface area contributed by atoms with Gasteiger partial charge < -0.3 is 10.2 Å². The highest BCUT2D eigenvalue weighted by Crippen LogP contribution is 2.39. The number of carbonyl (C=O) groups is 2. The Morgan fingerprint density at radius 2 is 1.77 bits per heavy atom. The van der Waals surface area contributed by atoms with E-state index in [0.717, 1.165) is 11.1 Å². The van der Waals surface area contributed by atoms with Gasteiger partial charge >= 0.3 is 0 Å². The lowest BCUT2D eigenvalue weighted by atomic mass is 10.1. The van der Waals surface area contributed by atoms with E-state index in [2.05, 4.69) is 5.32 Å². The lowest BCUT2D eigenvalue weighted by molar-refractivity contribution is -0.128. The molecule has 0 aromatic heterocycles. The van der Waals surface area contributed by atoms with Gasteiger partial charge in [0.05, 0.1) is 16.5 Å². The number of amides is 2. The SMILES string of the molecule is O=C(Nc1cc(Cl)ccc1Cl)c1ccc([C@@H]2SCC(=O)N2Cc2ccccc2)cc1. The summed E-state index contributed by atoms with van der Waals surface area (Å²) in [5, 5.41) is 3.62. The molecule has 2 amide bonds. The molecule has 1 aliphatic heterocycles. The topological polar surface area (TPSA) is 49.4 Å². The summed E-state index contributed by atoms with van der Waals surface area (Å²) in [6.45, 7) is 0.562. The predicted octanol–water partition coefficient (Wildman–Crippen LogP) is 6.02. The molecule has 0 radical (unpaired) electrons. The van der Waals surface area contributed by atoms with Gasteiger partial charge in [-0.25, -0.2) is 0 Å². The molecule has 4 rings (SSSR count). The summed E-state index contributed by atoms with van der Waals surface area (Å²) in [5.74, 6) is 0.292. The molecular formula is C23H18Cl2N2O2S. The molecule has 3 aromatic rings. The van der Waals surface area contributed by atoms with Gasteiger partial charge in [-0.1, -0.05) is 65.7 Å². The van der Waals surface area contributed by atoms with E-state index in [1.54, 1.807) is 42.1 Å². The summed E-state index contributed by atoms with van der Waals surface area (Å²) in [4.78, 5) is 26.9. The average molecular weight is 457 g/mol. The fourth-order valence-corrected chi connectivity index (χ4v) is 4.79.